The molecule has 28 heavy (non-hydrogen) atoms. The zero-order valence-electron chi connectivity index (χ0n) is 15.1. The number of carbonyl (C=O) groups is 1. The van der Waals surface area contributed by atoms with E-state index >= 15 is 0 Å². The van der Waals surface area contributed by atoms with E-state index < -0.39 is 0 Å². The Morgan fingerprint density at radius 1 is 1.29 bits per heavy atom. The molecule has 0 fully saturated rings. The average molecular weight is 419 g/mol. The smallest absolute Gasteiger partial charge is 0.343 e. The third kappa shape index (κ3) is 5.17. The van der Waals surface area contributed by atoms with Gasteiger partial charge in [-0.15, -0.1) is 5.10 Å². The highest BCUT2D eigenvalue weighted by Gasteiger charge is 2.13. The summed E-state index contributed by atoms with van der Waals surface area (Å²) >= 11 is 7.25. The minimum Gasteiger partial charge on any atom is -0.455 e. The molecular weight excluding hydrogens is 400 g/mol. The Labute approximate surface area is 171 Å². The van der Waals surface area contributed by atoms with E-state index in [-0.39, 0.29) is 17.3 Å². The lowest BCUT2D eigenvalue weighted by Crippen LogP contribution is -2.18. The molecule has 3 rings (SSSR count). The lowest BCUT2D eigenvalue weighted by molar-refractivity contribution is -0.113. The molecule has 0 spiro atoms. The molecule has 1 amide bonds. The van der Waals surface area contributed by atoms with Gasteiger partial charge in [0.25, 0.3) is 0 Å². The third-order valence-electron chi connectivity index (χ3n) is 3.69. The predicted octanol–water partition coefficient (Wildman–Crippen LogP) is 4.16. The van der Waals surface area contributed by atoms with Crippen molar-refractivity contribution in [1.82, 2.24) is 14.8 Å². The van der Waals surface area contributed by atoms with Gasteiger partial charge in [-0.1, -0.05) is 48.5 Å². The first-order valence-electron chi connectivity index (χ1n) is 8.67. The fourth-order valence-corrected chi connectivity index (χ4v) is 3.40. The van der Waals surface area contributed by atoms with Gasteiger partial charge in [0.1, 0.15) is 5.75 Å². The molecule has 0 aliphatic rings. The van der Waals surface area contributed by atoms with E-state index in [9.17, 15) is 9.59 Å². The number of nitrogens with one attached hydrogen (secondary N) is 2. The van der Waals surface area contributed by atoms with Crippen molar-refractivity contribution in [3.05, 3.63) is 64.0 Å². The van der Waals surface area contributed by atoms with Gasteiger partial charge in [0.2, 0.25) is 5.91 Å². The van der Waals surface area contributed by atoms with Crippen molar-refractivity contribution >= 4 is 35.0 Å². The lowest BCUT2D eigenvalue weighted by Gasteiger charge is -2.13. The van der Waals surface area contributed by atoms with E-state index in [2.05, 4.69) is 15.5 Å². The van der Waals surface area contributed by atoms with Gasteiger partial charge in [-0.25, -0.2) is 9.89 Å². The van der Waals surface area contributed by atoms with Crippen LogP contribution in [0.2, 0.25) is 5.02 Å². The van der Waals surface area contributed by atoms with Crippen LogP contribution in [-0.2, 0) is 11.3 Å². The molecule has 0 saturated heterocycles. The number of aromatic amines is 1. The highest BCUT2D eigenvalue weighted by Crippen LogP contribution is 2.32. The summed E-state index contributed by atoms with van der Waals surface area (Å²) < 4.78 is 7.35. The number of thioether (sulfide) groups is 1. The molecule has 0 radical (unpaired) electrons. The first-order valence-corrected chi connectivity index (χ1v) is 10.0. The van der Waals surface area contributed by atoms with Gasteiger partial charge in [-0.05, 0) is 36.8 Å². The Balaban J connectivity index is 1.68. The Morgan fingerprint density at radius 3 is 2.82 bits per heavy atom. The number of rotatable bonds is 8. The lowest BCUT2D eigenvalue weighted by atomic mass is 10.3. The van der Waals surface area contributed by atoms with Crippen LogP contribution < -0.4 is 15.7 Å². The SMILES string of the molecule is CCCn1c(SCC(=O)Nc2cc(Cl)ccc2Oc2ccccc2)n[nH]c1=O. The van der Waals surface area contributed by atoms with Gasteiger partial charge in [-0.2, -0.15) is 0 Å². The maximum absolute atomic E-state index is 12.4. The normalized spacial score (nSPS) is 10.6. The van der Waals surface area contributed by atoms with Crippen LogP contribution in [-0.4, -0.2) is 26.4 Å². The van der Waals surface area contributed by atoms with Crippen LogP contribution in [0.15, 0.2) is 58.5 Å². The number of anilines is 1. The van der Waals surface area contributed by atoms with E-state index in [1.54, 1.807) is 18.2 Å². The van der Waals surface area contributed by atoms with Crippen LogP contribution >= 0.6 is 23.4 Å². The zero-order chi connectivity index (χ0) is 19.9. The summed E-state index contributed by atoms with van der Waals surface area (Å²) in [5.74, 6) is 0.959. The van der Waals surface area contributed by atoms with Crippen LogP contribution in [0.3, 0.4) is 0 Å². The average Bonchev–Trinajstić information content (AvgIpc) is 3.03. The fourth-order valence-electron chi connectivity index (χ4n) is 2.45. The number of carbonyl (C=O) groups excluding carboxylic acids is 1. The highest BCUT2D eigenvalue weighted by molar-refractivity contribution is 7.99. The van der Waals surface area contributed by atoms with Gasteiger partial charge in [0.15, 0.2) is 10.9 Å². The molecule has 7 nitrogen and oxygen atoms in total. The number of halogens is 1. The van der Waals surface area contributed by atoms with Crippen LogP contribution in [0.1, 0.15) is 13.3 Å². The standard InChI is InChI=1S/C19H19ClN4O3S/c1-2-10-24-18(26)22-23-19(24)28-12-17(25)21-15-11-13(20)8-9-16(15)27-14-6-4-3-5-7-14/h3-9,11H,2,10,12H2,1H3,(H,21,25)(H,22,26). The summed E-state index contributed by atoms with van der Waals surface area (Å²) in [6.07, 6.45) is 0.794. The van der Waals surface area contributed by atoms with Crippen LogP contribution in [0.4, 0.5) is 5.69 Å². The van der Waals surface area contributed by atoms with E-state index in [1.165, 1.54) is 16.3 Å². The number of benzene rings is 2. The molecule has 0 bridgehead atoms. The summed E-state index contributed by atoms with van der Waals surface area (Å²) in [6.45, 7) is 2.51. The van der Waals surface area contributed by atoms with Crippen molar-refractivity contribution in [2.45, 2.75) is 25.0 Å². The number of ether oxygens (including phenoxy) is 1. The third-order valence-corrected chi connectivity index (χ3v) is 4.90. The maximum Gasteiger partial charge on any atom is 0.343 e. The van der Waals surface area contributed by atoms with E-state index in [0.29, 0.717) is 33.9 Å². The van der Waals surface area contributed by atoms with E-state index in [4.69, 9.17) is 16.3 Å². The van der Waals surface area contributed by atoms with Gasteiger partial charge in [-0.3, -0.25) is 9.36 Å². The number of aromatic nitrogens is 3. The minimum atomic E-state index is -0.279. The summed E-state index contributed by atoms with van der Waals surface area (Å²) in [5, 5.41) is 10.1. The summed E-state index contributed by atoms with van der Waals surface area (Å²) in [5.41, 5.74) is 0.188. The molecule has 1 aromatic heterocycles. The Hall–Kier alpha value is -2.71. The number of para-hydroxylation sites is 1. The number of H-pyrrole nitrogens is 1. The molecule has 146 valence electrons. The molecule has 2 N–H and O–H groups in total. The second-order valence-corrected chi connectivity index (χ2v) is 7.23. The minimum absolute atomic E-state index is 0.0886. The molecule has 0 aliphatic heterocycles. The number of hydrogen-bond donors (Lipinski definition) is 2. The van der Waals surface area contributed by atoms with Crippen LogP contribution in [0, 0.1) is 0 Å². The highest BCUT2D eigenvalue weighted by atomic mass is 35.5. The maximum atomic E-state index is 12.4. The second kappa shape index (κ2) is 9.48. The van der Waals surface area contributed by atoms with Crippen LogP contribution in [0.25, 0.3) is 0 Å². The fraction of sp³-hybridized carbons (Fsp3) is 0.211. The van der Waals surface area contributed by atoms with Gasteiger partial charge < -0.3 is 10.1 Å². The molecule has 0 saturated carbocycles. The monoisotopic (exact) mass is 418 g/mol. The first-order chi connectivity index (χ1) is 13.6. The molecule has 0 unspecified atom stereocenters. The van der Waals surface area contributed by atoms with Crippen molar-refractivity contribution in [2.24, 2.45) is 0 Å². The molecular formula is C19H19ClN4O3S. The predicted molar refractivity (Wildman–Crippen MR) is 110 cm³/mol. The van der Waals surface area contributed by atoms with E-state index in [0.717, 1.165) is 6.42 Å². The van der Waals surface area contributed by atoms with Gasteiger partial charge >= 0.3 is 5.69 Å². The molecule has 3 aromatic rings. The summed E-state index contributed by atoms with van der Waals surface area (Å²) in [4.78, 5) is 24.1. The molecule has 0 atom stereocenters. The zero-order valence-corrected chi connectivity index (χ0v) is 16.7. The summed E-state index contributed by atoms with van der Waals surface area (Å²) in [7, 11) is 0. The Kier molecular flexibility index (Phi) is 6.78. The molecule has 0 aliphatic carbocycles. The molecule has 1 heterocycles. The number of amides is 1. The van der Waals surface area contributed by atoms with Crippen LogP contribution in [0.5, 0.6) is 11.5 Å². The van der Waals surface area contributed by atoms with E-state index in [1.807, 2.05) is 37.3 Å². The van der Waals surface area contributed by atoms with Gasteiger partial charge in [0, 0.05) is 11.6 Å². The van der Waals surface area contributed by atoms with Crippen molar-refractivity contribution in [1.29, 1.82) is 0 Å². The van der Waals surface area contributed by atoms with Crippen molar-refractivity contribution in [3.8, 4) is 11.5 Å². The number of nitrogens with zero attached hydrogens (tertiary/aromatic N) is 2. The Bertz CT molecular complexity index is 1000. The largest absolute Gasteiger partial charge is 0.455 e. The topological polar surface area (TPSA) is 89.0 Å². The quantitative estimate of drug-likeness (QED) is 0.536. The summed E-state index contributed by atoms with van der Waals surface area (Å²) in [6, 6.07) is 14.3. The Morgan fingerprint density at radius 2 is 2.07 bits per heavy atom. The van der Waals surface area contributed by atoms with Crippen molar-refractivity contribution in [2.75, 3.05) is 11.1 Å². The van der Waals surface area contributed by atoms with Gasteiger partial charge in [0.05, 0.1) is 11.4 Å². The molecule has 9 heteroatoms. The second-order valence-electron chi connectivity index (χ2n) is 5.86. The number of hydrogen-bond acceptors (Lipinski definition) is 5. The first kappa shape index (κ1) is 20.0. The van der Waals surface area contributed by atoms with Crippen molar-refractivity contribution < 1.29 is 9.53 Å². The molecule has 2 aromatic carbocycles. The van der Waals surface area contributed by atoms with Crippen molar-refractivity contribution in [3.63, 3.8) is 0 Å².